The fourth-order valence-corrected chi connectivity index (χ4v) is 3.77. The predicted octanol–water partition coefficient (Wildman–Crippen LogP) is 2.58. The van der Waals surface area contributed by atoms with Gasteiger partial charge in [0.05, 0.1) is 11.8 Å². The lowest BCUT2D eigenvalue weighted by Crippen LogP contribution is -2.40. The standard InChI is InChI=1S/C17H26N2O3S/c1-13-7-4-8-15(14(13)2)16-9-5-11-19(16)17(20)18-10-6-12-23(3,21)22/h4,7-8,16H,5-6,9-12H2,1-3H3,(H,18,20). The van der Waals surface area contributed by atoms with Gasteiger partial charge in [0.2, 0.25) is 0 Å². The Balaban J connectivity index is 1.98. The van der Waals surface area contributed by atoms with Gasteiger partial charge in [-0.15, -0.1) is 0 Å². The topological polar surface area (TPSA) is 66.5 Å². The van der Waals surface area contributed by atoms with Crippen LogP contribution in [0.15, 0.2) is 18.2 Å². The molecule has 2 rings (SSSR count). The van der Waals surface area contributed by atoms with Gasteiger partial charge in [-0.1, -0.05) is 18.2 Å². The summed E-state index contributed by atoms with van der Waals surface area (Å²) < 4.78 is 22.2. The van der Waals surface area contributed by atoms with Gasteiger partial charge < -0.3 is 10.2 Å². The number of sulfone groups is 1. The van der Waals surface area contributed by atoms with E-state index < -0.39 is 9.84 Å². The Morgan fingerprint density at radius 1 is 1.35 bits per heavy atom. The molecule has 1 aromatic carbocycles. The van der Waals surface area contributed by atoms with Gasteiger partial charge in [-0.3, -0.25) is 0 Å². The molecular formula is C17H26N2O3S. The summed E-state index contributed by atoms with van der Waals surface area (Å²) in [5.41, 5.74) is 3.70. The summed E-state index contributed by atoms with van der Waals surface area (Å²) in [4.78, 5) is 14.3. The zero-order valence-electron chi connectivity index (χ0n) is 14.1. The Labute approximate surface area is 139 Å². The van der Waals surface area contributed by atoms with Crippen molar-refractivity contribution in [2.24, 2.45) is 0 Å². The lowest BCUT2D eigenvalue weighted by Gasteiger charge is -2.27. The van der Waals surface area contributed by atoms with Crippen LogP contribution in [0.25, 0.3) is 0 Å². The monoisotopic (exact) mass is 338 g/mol. The normalized spacial score (nSPS) is 18.2. The number of rotatable bonds is 5. The minimum Gasteiger partial charge on any atom is -0.338 e. The van der Waals surface area contributed by atoms with Crippen molar-refractivity contribution in [1.29, 1.82) is 0 Å². The Morgan fingerprint density at radius 2 is 2.09 bits per heavy atom. The number of carbonyl (C=O) groups is 1. The average Bonchev–Trinajstić information content (AvgIpc) is 2.94. The van der Waals surface area contributed by atoms with E-state index in [2.05, 4.69) is 31.3 Å². The highest BCUT2D eigenvalue weighted by molar-refractivity contribution is 7.90. The number of hydrogen-bond donors (Lipinski definition) is 1. The molecule has 23 heavy (non-hydrogen) atoms. The van der Waals surface area contributed by atoms with Crippen molar-refractivity contribution in [2.75, 3.05) is 25.1 Å². The number of nitrogens with one attached hydrogen (secondary N) is 1. The average molecular weight is 338 g/mol. The molecule has 0 aliphatic carbocycles. The van der Waals surface area contributed by atoms with E-state index in [4.69, 9.17) is 0 Å². The summed E-state index contributed by atoms with van der Waals surface area (Å²) >= 11 is 0. The second-order valence-corrected chi connectivity index (χ2v) is 8.62. The molecule has 0 saturated carbocycles. The first kappa shape index (κ1) is 17.8. The van der Waals surface area contributed by atoms with Crippen molar-refractivity contribution in [2.45, 2.75) is 39.2 Å². The van der Waals surface area contributed by atoms with Gasteiger partial charge >= 0.3 is 6.03 Å². The van der Waals surface area contributed by atoms with E-state index >= 15 is 0 Å². The molecule has 1 unspecified atom stereocenters. The van der Waals surface area contributed by atoms with Crippen LogP contribution in [0.5, 0.6) is 0 Å². The molecule has 6 heteroatoms. The van der Waals surface area contributed by atoms with Crippen molar-refractivity contribution < 1.29 is 13.2 Å². The van der Waals surface area contributed by atoms with Gasteiger partial charge in [0.15, 0.2) is 0 Å². The molecule has 0 bridgehead atoms. The molecule has 0 aromatic heterocycles. The van der Waals surface area contributed by atoms with Gasteiger partial charge in [-0.2, -0.15) is 0 Å². The van der Waals surface area contributed by atoms with Gasteiger partial charge in [0.25, 0.3) is 0 Å². The molecule has 1 atom stereocenters. The van der Waals surface area contributed by atoms with Crippen molar-refractivity contribution in [3.63, 3.8) is 0 Å². The largest absolute Gasteiger partial charge is 0.338 e. The van der Waals surface area contributed by atoms with Crippen LogP contribution < -0.4 is 5.32 Å². The van der Waals surface area contributed by atoms with E-state index in [1.165, 1.54) is 22.9 Å². The fourth-order valence-electron chi connectivity index (χ4n) is 3.10. The lowest BCUT2D eigenvalue weighted by atomic mass is 9.96. The summed E-state index contributed by atoms with van der Waals surface area (Å²) in [6.45, 7) is 5.33. The van der Waals surface area contributed by atoms with Gasteiger partial charge in [-0.05, 0) is 49.8 Å². The van der Waals surface area contributed by atoms with E-state index in [9.17, 15) is 13.2 Å². The van der Waals surface area contributed by atoms with E-state index in [0.29, 0.717) is 13.0 Å². The molecule has 1 saturated heterocycles. The second kappa shape index (κ2) is 7.34. The van der Waals surface area contributed by atoms with E-state index in [-0.39, 0.29) is 17.8 Å². The SMILES string of the molecule is Cc1cccc(C2CCCN2C(=O)NCCCS(C)(=O)=O)c1C. The first-order chi connectivity index (χ1) is 10.8. The molecule has 5 nitrogen and oxygen atoms in total. The van der Waals surface area contributed by atoms with Crippen LogP contribution in [0.2, 0.25) is 0 Å². The maximum Gasteiger partial charge on any atom is 0.317 e. The predicted molar refractivity (Wildman–Crippen MR) is 92.3 cm³/mol. The minimum absolute atomic E-state index is 0.0955. The van der Waals surface area contributed by atoms with E-state index in [1.54, 1.807) is 0 Å². The number of nitrogens with zero attached hydrogens (tertiary/aromatic N) is 1. The van der Waals surface area contributed by atoms with Crippen LogP contribution in [-0.2, 0) is 9.84 Å². The molecule has 0 radical (unpaired) electrons. The van der Waals surface area contributed by atoms with Crippen LogP contribution in [0, 0.1) is 13.8 Å². The number of likely N-dealkylation sites (tertiary alicyclic amines) is 1. The van der Waals surface area contributed by atoms with Crippen molar-refractivity contribution in [1.82, 2.24) is 10.2 Å². The summed E-state index contributed by atoms with van der Waals surface area (Å²) in [6.07, 6.45) is 3.63. The molecule has 1 aliphatic rings. The van der Waals surface area contributed by atoms with E-state index in [0.717, 1.165) is 19.4 Å². The maximum absolute atomic E-state index is 12.4. The molecule has 0 spiro atoms. The van der Waals surface area contributed by atoms with Crippen LogP contribution in [0.1, 0.15) is 42.0 Å². The zero-order chi connectivity index (χ0) is 17.0. The first-order valence-corrected chi connectivity index (χ1v) is 10.1. The summed E-state index contributed by atoms with van der Waals surface area (Å²) in [5, 5.41) is 2.85. The summed E-state index contributed by atoms with van der Waals surface area (Å²) in [6, 6.07) is 6.25. The summed E-state index contributed by atoms with van der Waals surface area (Å²) in [7, 11) is -2.97. The number of urea groups is 1. The van der Waals surface area contributed by atoms with Crippen LogP contribution in [0.4, 0.5) is 4.79 Å². The highest BCUT2D eigenvalue weighted by Crippen LogP contribution is 2.34. The molecule has 1 heterocycles. The molecule has 1 N–H and O–H groups in total. The highest BCUT2D eigenvalue weighted by Gasteiger charge is 2.30. The maximum atomic E-state index is 12.4. The Hall–Kier alpha value is -1.56. The van der Waals surface area contributed by atoms with Crippen molar-refractivity contribution >= 4 is 15.9 Å². The Morgan fingerprint density at radius 3 is 2.78 bits per heavy atom. The molecule has 1 aromatic rings. The van der Waals surface area contributed by atoms with Gasteiger partial charge in [-0.25, -0.2) is 13.2 Å². The third-order valence-corrected chi connectivity index (χ3v) is 5.52. The zero-order valence-corrected chi connectivity index (χ0v) is 14.9. The van der Waals surface area contributed by atoms with Crippen LogP contribution >= 0.6 is 0 Å². The number of aryl methyl sites for hydroxylation is 1. The third kappa shape index (κ3) is 4.70. The van der Waals surface area contributed by atoms with Crippen molar-refractivity contribution in [3.8, 4) is 0 Å². The Bertz CT molecular complexity index is 670. The number of carbonyl (C=O) groups excluding carboxylic acids is 1. The Kier molecular flexibility index (Phi) is 5.68. The number of hydrogen-bond acceptors (Lipinski definition) is 3. The van der Waals surface area contributed by atoms with Crippen LogP contribution in [-0.4, -0.2) is 44.4 Å². The smallest absolute Gasteiger partial charge is 0.317 e. The van der Waals surface area contributed by atoms with Crippen LogP contribution in [0.3, 0.4) is 0 Å². The quantitative estimate of drug-likeness (QED) is 0.839. The number of amides is 2. The molecule has 2 amide bonds. The minimum atomic E-state index is -2.97. The molecule has 1 fully saturated rings. The highest BCUT2D eigenvalue weighted by atomic mass is 32.2. The fraction of sp³-hybridized carbons (Fsp3) is 0.588. The first-order valence-electron chi connectivity index (χ1n) is 8.08. The lowest BCUT2D eigenvalue weighted by molar-refractivity contribution is 0.193. The van der Waals surface area contributed by atoms with E-state index in [1.807, 2.05) is 11.0 Å². The second-order valence-electron chi connectivity index (χ2n) is 6.36. The number of benzene rings is 1. The third-order valence-electron chi connectivity index (χ3n) is 4.49. The van der Waals surface area contributed by atoms with Crippen molar-refractivity contribution in [3.05, 3.63) is 34.9 Å². The molecule has 1 aliphatic heterocycles. The van der Waals surface area contributed by atoms with Gasteiger partial charge in [0, 0.05) is 19.3 Å². The molecular weight excluding hydrogens is 312 g/mol. The molecule has 128 valence electrons. The van der Waals surface area contributed by atoms with Gasteiger partial charge in [0.1, 0.15) is 9.84 Å². The summed E-state index contributed by atoms with van der Waals surface area (Å²) in [5.74, 6) is 0.105.